The molecule has 2 heterocycles. The molecule has 0 atom stereocenters. The molecule has 0 radical (unpaired) electrons. The summed E-state index contributed by atoms with van der Waals surface area (Å²) in [7, 11) is 0. The zero-order chi connectivity index (χ0) is 10.3. The molecule has 1 aliphatic rings. The third-order valence-corrected chi connectivity index (χ3v) is 2.75. The molecule has 3 nitrogen and oxygen atoms in total. The van der Waals surface area contributed by atoms with Crippen LogP contribution in [0.4, 0.5) is 19.0 Å². The molecule has 14 heavy (non-hydrogen) atoms. The Hall–Kier alpha value is -0.720. The van der Waals surface area contributed by atoms with E-state index >= 15 is 0 Å². The monoisotopic (exact) mass is 269 g/mol. The van der Waals surface area contributed by atoms with E-state index in [1.54, 1.807) is 0 Å². The van der Waals surface area contributed by atoms with Gasteiger partial charge in [-0.1, -0.05) is 0 Å². The zero-order valence-electron chi connectivity index (χ0n) is 7.03. The molecule has 1 aromatic heterocycles. The normalized spacial score (nSPS) is 16.3. The van der Waals surface area contributed by atoms with E-state index in [0.29, 0.717) is 18.9 Å². The van der Waals surface area contributed by atoms with Crippen LogP contribution in [0.2, 0.25) is 0 Å². The Kier molecular flexibility index (Phi) is 2.21. The van der Waals surface area contributed by atoms with E-state index in [2.05, 4.69) is 26.3 Å². The lowest BCUT2D eigenvalue weighted by Gasteiger charge is -2.15. The van der Waals surface area contributed by atoms with Gasteiger partial charge in [-0.2, -0.15) is 18.3 Å². The Labute approximate surface area is 86.4 Å². The van der Waals surface area contributed by atoms with Crippen molar-refractivity contribution in [1.29, 1.82) is 0 Å². The second-order valence-corrected chi connectivity index (χ2v) is 3.81. The lowest BCUT2D eigenvalue weighted by molar-refractivity contribution is -0.142. The van der Waals surface area contributed by atoms with Gasteiger partial charge in [0, 0.05) is 13.1 Å². The molecule has 0 spiro atoms. The highest BCUT2D eigenvalue weighted by Gasteiger charge is 2.39. The molecule has 2 rings (SSSR count). The Morgan fingerprint density at radius 3 is 2.71 bits per heavy atom. The van der Waals surface area contributed by atoms with Crippen molar-refractivity contribution in [3.63, 3.8) is 0 Å². The molecule has 0 saturated carbocycles. The Morgan fingerprint density at radius 2 is 2.14 bits per heavy atom. The fourth-order valence-corrected chi connectivity index (χ4v) is 2.04. The van der Waals surface area contributed by atoms with Crippen LogP contribution in [0, 0.1) is 0 Å². The van der Waals surface area contributed by atoms with Gasteiger partial charge in [-0.05, 0) is 22.4 Å². The molecule has 0 fully saturated rings. The summed E-state index contributed by atoms with van der Waals surface area (Å²) in [5, 5.41) is 6.38. The van der Waals surface area contributed by atoms with Gasteiger partial charge in [0.05, 0.1) is 4.47 Å². The van der Waals surface area contributed by atoms with E-state index in [9.17, 15) is 13.2 Å². The number of alkyl halides is 3. The molecule has 1 aliphatic heterocycles. The van der Waals surface area contributed by atoms with Crippen molar-refractivity contribution in [2.45, 2.75) is 19.1 Å². The third-order valence-electron chi connectivity index (χ3n) is 2.00. The quantitative estimate of drug-likeness (QED) is 0.784. The molecule has 0 saturated heterocycles. The van der Waals surface area contributed by atoms with E-state index < -0.39 is 11.9 Å². The van der Waals surface area contributed by atoms with Crippen LogP contribution in [0.5, 0.6) is 0 Å². The standard InChI is InChI=1S/C7H7BrF3N3/c8-4-5(7(9,10)11)13-14-3-1-2-12-6(4)14/h12H,1-3H2. The van der Waals surface area contributed by atoms with E-state index in [-0.39, 0.29) is 4.47 Å². The first-order valence-electron chi connectivity index (χ1n) is 4.07. The number of aryl methyl sites for hydroxylation is 1. The molecular formula is C7H7BrF3N3. The maximum absolute atomic E-state index is 12.4. The van der Waals surface area contributed by atoms with Crippen molar-refractivity contribution in [3.8, 4) is 0 Å². The van der Waals surface area contributed by atoms with E-state index in [0.717, 1.165) is 6.42 Å². The summed E-state index contributed by atoms with van der Waals surface area (Å²) in [6.45, 7) is 1.21. The van der Waals surface area contributed by atoms with Gasteiger partial charge in [0.25, 0.3) is 0 Å². The highest BCUT2D eigenvalue weighted by atomic mass is 79.9. The van der Waals surface area contributed by atoms with Crippen LogP contribution in [0.25, 0.3) is 0 Å². The summed E-state index contributed by atoms with van der Waals surface area (Å²) in [4.78, 5) is 0. The number of fused-ring (bicyclic) bond motifs is 1. The zero-order valence-corrected chi connectivity index (χ0v) is 8.61. The Bertz CT molecular complexity index is 358. The summed E-state index contributed by atoms with van der Waals surface area (Å²) in [5.41, 5.74) is -0.859. The molecule has 0 amide bonds. The number of nitrogens with zero attached hydrogens (tertiary/aromatic N) is 2. The second kappa shape index (κ2) is 3.15. The third kappa shape index (κ3) is 1.49. The first kappa shape index (κ1) is 9.82. The van der Waals surface area contributed by atoms with Crippen molar-refractivity contribution >= 4 is 21.7 Å². The van der Waals surface area contributed by atoms with Gasteiger partial charge in [-0.3, -0.25) is 0 Å². The number of aromatic nitrogens is 2. The fourth-order valence-electron chi connectivity index (χ4n) is 1.39. The molecule has 7 heteroatoms. The average molecular weight is 270 g/mol. The SMILES string of the molecule is FC(F)(F)c1nn2c(c1Br)NCCC2. The number of rotatable bonds is 0. The average Bonchev–Trinajstić information content (AvgIpc) is 2.44. The predicted molar refractivity (Wildman–Crippen MR) is 48.0 cm³/mol. The van der Waals surface area contributed by atoms with Gasteiger partial charge >= 0.3 is 6.18 Å². The van der Waals surface area contributed by atoms with Crippen LogP contribution in [0.3, 0.4) is 0 Å². The molecule has 0 aliphatic carbocycles. The van der Waals surface area contributed by atoms with Crippen LogP contribution in [-0.2, 0) is 12.7 Å². The molecular weight excluding hydrogens is 263 g/mol. The number of halogens is 4. The molecule has 0 bridgehead atoms. The molecule has 1 aromatic rings. The van der Waals surface area contributed by atoms with E-state index in [1.807, 2.05) is 0 Å². The minimum atomic E-state index is -4.40. The molecule has 78 valence electrons. The highest BCUT2D eigenvalue weighted by molar-refractivity contribution is 9.10. The van der Waals surface area contributed by atoms with Crippen LogP contribution in [0.15, 0.2) is 4.47 Å². The van der Waals surface area contributed by atoms with Crippen molar-refractivity contribution in [3.05, 3.63) is 10.2 Å². The summed E-state index contributed by atoms with van der Waals surface area (Å²) in [6.07, 6.45) is -3.61. The van der Waals surface area contributed by atoms with Crippen molar-refractivity contribution in [2.24, 2.45) is 0 Å². The lowest BCUT2D eigenvalue weighted by Crippen LogP contribution is -2.17. The van der Waals surface area contributed by atoms with Crippen molar-refractivity contribution in [2.75, 3.05) is 11.9 Å². The van der Waals surface area contributed by atoms with Crippen LogP contribution in [0.1, 0.15) is 12.1 Å². The van der Waals surface area contributed by atoms with Crippen molar-refractivity contribution in [1.82, 2.24) is 9.78 Å². The Morgan fingerprint density at radius 1 is 1.43 bits per heavy atom. The van der Waals surface area contributed by atoms with Crippen molar-refractivity contribution < 1.29 is 13.2 Å². The Balaban J connectivity index is 2.49. The van der Waals surface area contributed by atoms with Crippen LogP contribution in [-0.4, -0.2) is 16.3 Å². The molecule has 0 aromatic carbocycles. The minimum absolute atomic E-state index is 0.00435. The number of anilines is 1. The lowest BCUT2D eigenvalue weighted by atomic mass is 10.3. The van der Waals surface area contributed by atoms with Gasteiger partial charge in [-0.15, -0.1) is 0 Å². The minimum Gasteiger partial charge on any atom is -0.369 e. The van der Waals surface area contributed by atoms with Crippen LogP contribution < -0.4 is 5.32 Å². The van der Waals surface area contributed by atoms with Gasteiger partial charge in [0.2, 0.25) is 0 Å². The summed E-state index contributed by atoms with van der Waals surface area (Å²) in [6, 6.07) is 0. The first-order chi connectivity index (χ1) is 6.50. The maximum Gasteiger partial charge on any atom is 0.436 e. The predicted octanol–water partition coefficient (Wildman–Crippen LogP) is 2.48. The molecule has 1 N–H and O–H groups in total. The van der Waals surface area contributed by atoms with Gasteiger partial charge in [0.1, 0.15) is 5.82 Å². The summed E-state index contributed by atoms with van der Waals surface area (Å²) < 4.78 is 38.6. The van der Waals surface area contributed by atoms with E-state index in [4.69, 9.17) is 0 Å². The molecule has 0 unspecified atom stereocenters. The second-order valence-electron chi connectivity index (χ2n) is 3.01. The summed E-state index contributed by atoms with van der Waals surface area (Å²) >= 11 is 2.91. The topological polar surface area (TPSA) is 29.9 Å². The van der Waals surface area contributed by atoms with Crippen LogP contribution >= 0.6 is 15.9 Å². The largest absolute Gasteiger partial charge is 0.436 e. The first-order valence-corrected chi connectivity index (χ1v) is 4.87. The number of hydrogen-bond donors (Lipinski definition) is 1. The fraction of sp³-hybridized carbons (Fsp3) is 0.571. The van der Waals surface area contributed by atoms with Gasteiger partial charge in [-0.25, -0.2) is 4.68 Å². The number of hydrogen-bond acceptors (Lipinski definition) is 2. The van der Waals surface area contributed by atoms with E-state index in [1.165, 1.54) is 4.68 Å². The smallest absolute Gasteiger partial charge is 0.369 e. The summed E-state index contributed by atoms with van der Waals surface area (Å²) in [5.74, 6) is 0.420. The van der Waals surface area contributed by atoms with Gasteiger partial charge in [0.15, 0.2) is 5.69 Å². The highest BCUT2D eigenvalue weighted by Crippen LogP contribution is 2.38. The number of nitrogens with one attached hydrogen (secondary N) is 1. The van der Waals surface area contributed by atoms with Gasteiger partial charge < -0.3 is 5.32 Å². The maximum atomic E-state index is 12.4.